The van der Waals surface area contributed by atoms with Crippen molar-refractivity contribution in [1.82, 2.24) is 14.7 Å². The second-order valence-corrected chi connectivity index (χ2v) is 7.94. The van der Waals surface area contributed by atoms with Gasteiger partial charge in [0.05, 0.1) is 17.0 Å². The van der Waals surface area contributed by atoms with Crippen LogP contribution in [0.5, 0.6) is 0 Å². The first-order valence-electron chi connectivity index (χ1n) is 7.56. The number of hydrogen-bond donors (Lipinski definition) is 2. The Morgan fingerprint density at radius 3 is 3.00 bits per heavy atom. The van der Waals surface area contributed by atoms with E-state index >= 15 is 0 Å². The maximum atomic E-state index is 12.1. The van der Waals surface area contributed by atoms with E-state index in [0.717, 1.165) is 12.8 Å². The summed E-state index contributed by atoms with van der Waals surface area (Å²) in [6, 6.07) is 1.53. The molecule has 2 heterocycles. The SMILES string of the molecule is CC(CN)(NC(=O)CSCc1cc(=O)n2ccsc2n1)C1CC1.Cl. The highest BCUT2D eigenvalue weighted by molar-refractivity contribution is 7.99. The number of carbonyl (C=O) groups is 1. The second-order valence-electron chi connectivity index (χ2n) is 6.08. The van der Waals surface area contributed by atoms with Gasteiger partial charge in [-0.1, -0.05) is 0 Å². The van der Waals surface area contributed by atoms with Crippen LogP contribution in [0.1, 0.15) is 25.5 Å². The lowest BCUT2D eigenvalue weighted by Crippen LogP contribution is -2.53. The van der Waals surface area contributed by atoms with Crippen molar-refractivity contribution in [2.75, 3.05) is 12.3 Å². The highest BCUT2D eigenvalue weighted by Gasteiger charge is 2.41. The van der Waals surface area contributed by atoms with Crippen molar-refractivity contribution in [3.05, 3.63) is 33.7 Å². The van der Waals surface area contributed by atoms with Gasteiger partial charge in [0.1, 0.15) is 0 Å². The summed E-state index contributed by atoms with van der Waals surface area (Å²) in [5, 5.41) is 4.89. The van der Waals surface area contributed by atoms with Crippen LogP contribution in [0.15, 0.2) is 22.4 Å². The van der Waals surface area contributed by atoms with Gasteiger partial charge >= 0.3 is 0 Å². The van der Waals surface area contributed by atoms with Crippen LogP contribution in [0, 0.1) is 5.92 Å². The Hall–Kier alpha value is -1.09. The maximum Gasteiger partial charge on any atom is 0.258 e. The van der Waals surface area contributed by atoms with Crippen molar-refractivity contribution >= 4 is 46.4 Å². The number of rotatable bonds is 7. The number of halogens is 1. The Morgan fingerprint density at radius 2 is 2.33 bits per heavy atom. The van der Waals surface area contributed by atoms with Crippen LogP contribution in [-0.4, -0.2) is 33.1 Å². The fourth-order valence-corrected chi connectivity index (χ4v) is 4.06. The standard InChI is InChI=1S/C15H20N4O2S2.ClH/c1-15(9-16,10-2-3-10)18-12(20)8-22-7-11-6-13(21)19-4-5-23-14(19)17-11;/h4-6,10H,2-3,7-9,16H2,1H3,(H,18,20);1H. The van der Waals surface area contributed by atoms with Gasteiger partial charge in [0.25, 0.3) is 5.56 Å². The molecule has 1 saturated carbocycles. The zero-order valence-corrected chi connectivity index (χ0v) is 15.8. The van der Waals surface area contributed by atoms with Gasteiger partial charge in [0.2, 0.25) is 5.91 Å². The Morgan fingerprint density at radius 1 is 1.58 bits per heavy atom. The third-order valence-electron chi connectivity index (χ3n) is 4.17. The molecule has 2 aromatic rings. The van der Waals surface area contributed by atoms with E-state index in [4.69, 9.17) is 5.73 Å². The smallest absolute Gasteiger partial charge is 0.258 e. The summed E-state index contributed by atoms with van der Waals surface area (Å²) in [7, 11) is 0. The highest BCUT2D eigenvalue weighted by Crippen LogP contribution is 2.38. The van der Waals surface area contributed by atoms with Crippen molar-refractivity contribution in [2.24, 2.45) is 11.7 Å². The van der Waals surface area contributed by atoms with Crippen molar-refractivity contribution in [3.8, 4) is 0 Å². The van der Waals surface area contributed by atoms with Crippen LogP contribution >= 0.6 is 35.5 Å². The molecule has 9 heteroatoms. The highest BCUT2D eigenvalue weighted by atomic mass is 35.5. The first kappa shape index (κ1) is 19.2. The van der Waals surface area contributed by atoms with Gasteiger partial charge in [-0.3, -0.25) is 14.0 Å². The van der Waals surface area contributed by atoms with Crippen LogP contribution in [0.25, 0.3) is 4.96 Å². The first-order chi connectivity index (χ1) is 11.0. The topological polar surface area (TPSA) is 89.5 Å². The molecule has 0 aromatic carbocycles. The van der Waals surface area contributed by atoms with Gasteiger partial charge in [-0.05, 0) is 25.7 Å². The minimum atomic E-state index is -0.287. The predicted octanol–water partition coefficient (Wildman–Crippen LogP) is 1.65. The largest absolute Gasteiger partial charge is 0.349 e. The molecule has 6 nitrogen and oxygen atoms in total. The van der Waals surface area contributed by atoms with Crippen LogP contribution in [-0.2, 0) is 10.5 Å². The van der Waals surface area contributed by atoms with E-state index in [1.54, 1.807) is 6.20 Å². The maximum absolute atomic E-state index is 12.1. The normalized spacial score (nSPS) is 16.4. The molecule has 1 unspecified atom stereocenters. The average Bonchev–Trinajstić information content (AvgIpc) is 3.27. The van der Waals surface area contributed by atoms with Crippen molar-refractivity contribution < 1.29 is 4.79 Å². The zero-order chi connectivity index (χ0) is 16.4. The van der Waals surface area contributed by atoms with Gasteiger partial charge < -0.3 is 11.1 Å². The number of amides is 1. The predicted molar refractivity (Wildman–Crippen MR) is 101 cm³/mol. The summed E-state index contributed by atoms with van der Waals surface area (Å²) in [4.78, 5) is 29.1. The number of thioether (sulfide) groups is 1. The molecule has 1 amide bonds. The fourth-order valence-electron chi connectivity index (χ4n) is 2.60. The molecule has 0 radical (unpaired) electrons. The first-order valence-corrected chi connectivity index (χ1v) is 9.60. The van der Waals surface area contributed by atoms with Crippen LogP contribution < -0.4 is 16.6 Å². The lowest BCUT2D eigenvalue weighted by molar-refractivity contribution is -0.120. The molecule has 1 atom stereocenters. The van der Waals surface area contributed by atoms with E-state index in [-0.39, 0.29) is 29.4 Å². The van der Waals surface area contributed by atoms with Crippen LogP contribution in [0.2, 0.25) is 0 Å². The number of hydrogen-bond acceptors (Lipinski definition) is 6. The molecular formula is C15H21ClN4O2S2. The number of aromatic nitrogens is 2. The minimum absolute atomic E-state index is 0. The molecule has 0 bridgehead atoms. The van der Waals surface area contributed by atoms with Crippen LogP contribution in [0.3, 0.4) is 0 Å². The second kappa shape index (κ2) is 7.86. The van der Waals surface area contributed by atoms with Gasteiger partial charge in [-0.25, -0.2) is 4.98 Å². The van der Waals surface area contributed by atoms with E-state index < -0.39 is 0 Å². The Bertz CT molecular complexity index is 774. The fraction of sp³-hybridized carbons (Fsp3) is 0.533. The summed E-state index contributed by atoms with van der Waals surface area (Å²) in [5.74, 6) is 1.38. The summed E-state index contributed by atoms with van der Waals surface area (Å²) >= 11 is 2.88. The monoisotopic (exact) mass is 388 g/mol. The Kier molecular flexibility index (Phi) is 6.30. The number of nitrogens with zero attached hydrogens (tertiary/aromatic N) is 2. The molecule has 1 fully saturated rings. The molecule has 0 spiro atoms. The summed E-state index contributed by atoms with van der Waals surface area (Å²) < 4.78 is 1.52. The van der Waals surface area contributed by atoms with E-state index in [9.17, 15) is 9.59 Å². The number of fused-ring (bicyclic) bond motifs is 1. The number of thiazole rings is 1. The van der Waals surface area contributed by atoms with E-state index in [1.165, 1.54) is 33.6 Å². The summed E-state index contributed by atoms with van der Waals surface area (Å²) in [6.45, 7) is 2.47. The van der Waals surface area contributed by atoms with Crippen LogP contribution in [0.4, 0.5) is 0 Å². The molecular weight excluding hydrogens is 368 g/mol. The van der Waals surface area contributed by atoms with Gasteiger partial charge in [0, 0.05) is 29.9 Å². The molecule has 1 aliphatic carbocycles. The molecule has 0 saturated heterocycles. The van der Waals surface area contributed by atoms with E-state index in [0.29, 0.717) is 34.6 Å². The van der Waals surface area contributed by atoms with E-state index in [1.807, 2.05) is 12.3 Å². The summed E-state index contributed by atoms with van der Waals surface area (Å²) in [5.41, 5.74) is 6.15. The minimum Gasteiger partial charge on any atom is -0.349 e. The molecule has 3 N–H and O–H groups in total. The number of nitrogens with two attached hydrogens (primary N) is 1. The van der Waals surface area contributed by atoms with Crippen molar-refractivity contribution in [2.45, 2.75) is 31.1 Å². The lowest BCUT2D eigenvalue weighted by Gasteiger charge is -2.29. The molecule has 24 heavy (non-hydrogen) atoms. The summed E-state index contributed by atoms with van der Waals surface area (Å²) in [6.07, 6.45) is 3.98. The number of carbonyl (C=O) groups excluding carboxylic acids is 1. The quantitative estimate of drug-likeness (QED) is 0.752. The third kappa shape index (κ3) is 4.30. The van der Waals surface area contributed by atoms with Gasteiger partial charge in [-0.2, -0.15) is 0 Å². The zero-order valence-electron chi connectivity index (χ0n) is 13.4. The van der Waals surface area contributed by atoms with Gasteiger partial charge in [0.15, 0.2) is 4.96 Å². The van der Waals surface area contributed by atoms with Gasteiger partial charge in [-0.15, -0.1) is 35.5 Å². The Labute approximate surface area is 154 Å². The van der Waals surface area contributed by atoms with Crippen molar-refractivity contribution in [3.63, 3.8) is 0 Å². The molecule has 2 aromatic heterocycles. The lowest BCUT2D eigenvalue weighted by atomic mass is 9.96. The van der Waals surface area contributed by atoms with Crippen molar-refractivity contribution in [1.29, 1.82) is 0 Å². The molecule has 132 valence electrons. The average molecular weight is 389 g/mol. The molecule has 1 aliphatic rings. The number of nitrogens with one attached hydrogen (secondary N) is 1. The van der Waals surface area contributed by atoms with E-state index in [2.05, 4.69) is 10.3 Å². The molecule has 0 aliphatic heterocycles. The molecule has 3 rings (SSSR count). The Balaban J connectivity index is 0.00000208. The third-order valence-corrected chi connectivity index (χ3v) is 5.89.